The number of nitrogens with one attached hydrogen (secondary N) is 2. The number of rotatable bonds is 5. The van der Waals surface area contributed by atoms with Crippen molar-refractivity contribution in [1.82, 2.24) is 5.32 Å². The molecular formula is C17H23FN2O3. The summed E-state index contributed by atoms with van der Waals surface area (Å²) in [6, 6.07) is 3.95. The molecule has 23 heavy (non-hydrogen) atoms. The summed E-state index contributed by atoms with van der Waals surface area (Å²) in [5.74, 6) is -0.259. The van der Waals surface area contributed by atoms with Gasteiger partial charge in [-0.15, -0.1) is 0 Å². The van der Waals surface area contributed by atoms with E-state index >= 15 is 0 Å². The molecule has 126 valence electrons. The van der Waals surface area contributed by atoms with Gasteiger partial charge in [-0.2, -0.15) is 0 Å². The van der Waals surface area contributed by atoms with E-state index in [1.807, 2.05) is 0 Å². The number of amides is 2. The van der Waals surface area contributed by atoms with E-state index in [0.29, 0.717) is 18.5 Å². The number of aliphatic hydroxyl groups is 1. The van der Waals surface area contributed by atoms with E-state index < -0.39 is 17.4 Å². The normalized spacial score (nSPS) is 19.9. The van der Waals surface area contributed by atoms with E-state index in [2.05, 4.69) is 10.6 Å². The van der Waals surface area contributed by atoms with Crippen LogP contribution in [-0.2, 0) is 0 Å². The van der Waals surface area contributed by atoms with Gasteiger partial charge in [0.2, 0.25) is 0 Å². The molecule has 0 radical (unpaired) electrons. The van der Waals surface area contributed by atoms with Crippen LogP contribution in [0.25, 0.3) is 0 Å². The second kappa shape index (κ2) is 6.74. The van der Waals surface area contributed by atoms with Crippen molar-refractivity contribution in [3.63, 3.8) is 0 Å². The molecule has 0 aliphatic heterocycles. The highest BCUT2D eigenvalue weighted by molar-refractivity contribution is 5.89. The maximum Gasteiger partial charge on any atom is 0.319 e. The zero-order chi connectivity index (χ0) is 16.3. The summed E-state index contributed by atoms with van der Waals surface area (Å²) in [4.78, 5) is 11.9. The van der Waals surface area contributed by atoms with Crippen molar-refractivity contribution in [2.75, 3.05) is 11.9 Å². The van der Waals surface area contributed by atoms with Gasteiger partial charge in [-0.1, -0.05) is 12.8 Å². The third-order valence-electron chi connectivity index (χ3n) is 4.65. The van der Waals surface area contributed by atoms with Crippen molar-refractivity contribution in [2.45, 2.75) is 56.7 Å². The number of ether oxygens (including phenoxy) is 1. The molecule has 2 aliphatic rings. The van der Waals surface area contributed by atoms with E-state index in [0.717, 1.165) is 32.1 Å². The lowest BCUT2D eigenvalue weighted by Crippen LogP contribution is -2.42. The van der Waals surface area contributed by atoms with Crippen molar-refractivity contribution in [3.05, 3.63) is 24.0 Å². The molecule has 0 saturated heterocycles. The topological polar surface area (TPSA) is 70.6 Å². The van der Waals surface area contributed by atoms with E-state index in [9.17, 15) is 14.3 Å². The minimum Gasteiger partial charge on any atom is -0.487 e. The first kappa shape index (κ1) is 16.1. The van der Waals surface area contributed by atoms with Crippen LogP contribution in [0.5, 0.6) is 5.75 Å². The highest BCUT2D eigenvalue weighted by Gasteiger charge is 2.31. The number of carbonyl (C=O) groups excluding carboxylic acids is 1. The van der Waals surface area contributed by atoms with Gasteiger partial charge in [-0.3, -0.25) is 0 Å². The lowest BCUT2D eigenvalue weighted by atomic mass is 9.96. The molecule has 0 unspecified atom stereocenters. The number of halogens is 1. The standard InChI is InChI=1S/C17H23FN2O3/c18-14-10-12(6-7-15(14)23-13-4-3-5-13)20-16(21)19-11-17(22)8-1-2-9-17/h6-7,10,13,22H,1-5,8-9,11H2,(H2,19,20,21). The van der Waals surface area contributed by atoms with Crippen molar-refractivity contribution >= 4 is 11.7 Å². The molecule has 2 amide bonds. The highest BCUT2D eigenvalue weighted by Crippen LogP contribution is 2.29. The first-order valence-electron chi connectivity index (χ1n) is 8.28. The molecule has 2 aliphatic carbocycles. The molecule has 6 heteroatoms. The van der Waals surface area contributed by atoms with E-state index in [1.165, 1.54) is 12.1 Å². The Morgan fingerprint density at radius 1 is 1.30 bits per heavy atom. The van der Waals surface area contributed by atoms with Crippen LogP contribution in [0.1, 0.15) is 44.9 Å². The molecule has 3 N–H and O–H groups in total. The minimum atomic E-state index is -0.803. The predicted octanol–water partition coefficient (Wildman–Crippen LogP) is 3.18. The fraction of sp³-hybridized carbons (Fsp3) is 0.588. The third-order valence-corrected chi connectivity index (χ3v) is 4.65. The van der Waals surface area contributed by atoms with Gasteiger partial charge < -0.3 is 20.5 Å². The quantitative estimate of drug-likeness (QED) is 0.780. The molecule has 1 aromatic rings. The Morgan fingerprint density at radius 3 is 2.65 bits per heavy atom. The third kappa shape index (κ3) is 4.13. The molecule has 0 heterocycles. The van der Waals surface area contributed by atoms with Gasteiger partial charge >= 0.3 is 6.03 Å². The highest BCUT2D eigenvalue weighted by atomic mass is 19.1. The number of carbonyl (C=O) groups is 1. The van der Waals surface area contributed by atoms with E-state index in [-0.39, 0.29) is 18.4 Å². The average molecular weight is 322 g/mol. The summed E-state index contributed by atoms with van der Waals surface area (Å²) in [6.07, 6.45) is 6.53. The van der Waals surface area contributed by atoms with Crippen molar-refractivity contribution in [1.29, 1.82) is 0 Å². The van der Waals surface area contributed by atoms with Gasteiger partial charge in [0.1, 0.15) is 0 Å². The Morgan fingerprint density at radius 2 is 2.04 bits per heavy atom. The molecular weight excluding hydrogens is 299 g/mol. The zero-order valence-corrected chi connectivity index (χ0v) is 13.1. The van der Waals surface area contributed by atoms with Crippen LogP contribution < -0.4 is 15.4 Å². The second-order valence-electron chi connectivity index (χ2n) is 6.56. The van der Waals surface area contributed by atoms with Crippen molar-refractivity contribution < 1.29 is 19.0 Å². The van der Waals surface area contributed by atoms with Crippen LogP contribution in [-0.4, -0.2) is 29.4 Å². The SMILES string of the molecule is O=C(NCC1(O)CCCC1)Nc1ccc(OC2CCC2)c(F)c1. The van der Waals surface area contributed by atoms with Gasteiger partial charge in [-0.05, 0) is 44.2 Å². The summed E-state index contributed by atoms with van der Waals surface area (Å²) >= 11 is 0. The Hall–Kier alpha value is -1.82. The van der Waals surface area contributed by atoms with Gasteiger partial charge in [0.15, 0.2) is 11.6 Å². The van der Waals surface area contributed by atoms with Crippen molar-refractivity contribution in [2.24, 2.45) is 0 Å². The van der Waals surface area contributed by atoms with Crippen LogP contribution >= 0.6 is 0 Å². The van der Waals surface area contributed by atoms with Crippen LogP contribution in [0.3, 0.4) is 0 Å². The van der Waals surface area contributed by atoms with E-state index in [1.54, 1.807) is 6.07 Å². The number of hydrogen-bond donors (Lipinski definition) is 3. The van der Waals surface area contributed by atoms with Crippen LogP contribution in [0.4, 0.5) is 14.9 Å². The molecule has 3 rings (SSSR count). The van der Waals surface area contributed by atoms with Crippen LogP contribution in [0.15, 0.2) is 18.2 Å². The Labute approximate surface area is 135 Å². The Balaban J connectivity index is 1.50. The van der Waals surface area contributed by atoms with Gasteiger partial charge in [-0.25, -0.2) is 9.18 Å². The molecule has 1 aromatic carbocycles. The maximum atomic E-state index is 14.0. The Bertz CT molecular complexity index is 569. The number of hydrogen-bond acceptors (Lipinski definition) is 3. The van der Waals surface area contributed by atoms with Gasteiger partial charge in [0.05, 0.1) is 11.7 Å². The summed E-state index contributed by atoms with van der Waals surface area (Å²) in [5, 5.41) is 15.4. The molecule has 0 bridgehead atoms. The molecule has 0 atom stereocenters. The van der Waals surface area contributed by atoms with Crippen LogP contribution in [0.2, 0.25) is 0 Å². The molecule has 5 nitrogen and oxygen atoms in total. The number of urea groups is 1. The average Bonchev–Trinajstić information content (AvgIpc) is 2.90. The summed E-state index contributed by atoms with van der Waals surface area (Å²) < 4.78 is 19.5. The summed E-state index contributed by atoms with van der Waals surface area (Å²) in [7, 11) is 0. The molecule has 0 aromatic heterocycles. The fourth-order valence-corrected chi connectivity index (χ4v) is 2.97. The monoisotopic (exact) mass is 322 g/mol. The fourth-order valence-electron chi connectivity index (χ4n) is 2.97. The zero-order valence-electron chi connectivity index (χ0n) is 13.1. The lowest BCUT2D eigenvalue weighted by molar-refractivity contribution is 0.0506. The maximum absolute atomic E-state index is 14.0. The Kier molecular flexibility index (Phi) is 4.71. The van der Waals surface area contributed by atoms with Gasteiger partial charge in [0, 0.05) is 18.3 Å². The summed E-state index contributed by atoms with van der Waals surface area (Å²) in [6.45, 7) is 0.212. The number of anilines is 1. The largest absolute Gasteiger partial charge is 0.487 e. The van der Waals surface area contributed by atoms with Gasteiger partial charge in [0.25, 0.3) is 0 Å². The predicted molar refractivity (Wildman–Crippen MR) is 85.1 cm³/mol. The second-order valence-corrected chi connectivity index (χ2v) is 6.56. The summed E-state index contributed by atoms with van der Waals surface area (Å²) in [5.41, 5.74) is -0.442. The van der Waals surface area contributed by atoms with Crippen molar-refractivity contribution in [3.8, 4) is 5.75 Å². The lowest BCUT2D eigenvalue weighted by Gasteiger charge is -2.26. The molecule has 0 spiro atoms. The first-order chi connectivity index (χ1) is 11.0. The molecule has 2 fully saturated rings. The smallest absolute Gasteiger partial charge is 0.319 e. The van der Waals surface area contributed by atoms with E-state index in [4.69, 9.17) is 4.74 Å². The van der Waals surface area contributed by atoms with Crippen LogP contribution in [0, 0.1) is 5.82 Å². The number of benzene rings is 1. The first-order valence-corrected chi connectivity index (χ1v) is 8.28. The molecule has 2 saturated carbocycles. The minimum absolute atomic E-state index is 0.110.